The van der Waals surface area contributed by atoms with Crippen molar-refractivity contribution < 1.29 is 9.84 Å². The summed E-state index contributed by atoms with van der Waals surface area (Å²) in [5.74, 6) is 1.22. The van der Waals surface area contributed by atoms with Gasteiger partial charge in [0.15, 0.2) is 0 Å². The first-order valence-corrected chi connectivity index (χ1v) is 8.13. The number of piperazine rings is 1. The fourth-order valence-corrected chi connectivity index (χ4v) is 3.18. The normalized spacial score (nSPS) is 15.7. The van der Waals surface area contributed by atoms with Gasteiger partial charge >= 0.3 is 0 Å². The van der Waals surface area contributed by atoms with Crippen LogP contribution in [0.4, 0.5) is 5.69 Å². The van der Waals surface area contributed by atoms with Crippen LogP contribution < -0.4 is 9.64 Å². The van der Waals surface area contributed by atoms with Crippen LogP contribution >= 0.6 is 11.6 Å². The Balaban J connectivity index is 1.64. The zero-order chi connectivity index (χ0) is 16.2. The summed E-state index contributed by atoms with van der Waals surface area (Å²) < 4.78 is 5.42. The van der Waals surface area contributed by atoms with Crippen molar-refractivity contribution >= 4 is 17.3 Å². The van der Waals surface area contributed by atoms with Crippen molar-refractivity contribution in [3.63, 3.8) is 0 Å². The Bertz CT molecular complexity index is 670. The molecule has 122 valence electrons. The van der Waals surface area contributed by atoms with Crippen molar-refractivity contribution in [3.05, 3.63) is 53.1 Å². The maximum atomic E-state index is 9.98. The van der Waals surface area contributed by atoms with Crippen LogP contribution in [0.1, 0.15) is 5.56 Å². The molecule has 0 radical (unpaired) electrons. The zero-order valence-corrected chi connectivity index (χ0v) is 14.0. The molecule has 1 saturated heterocycles. The highest BCUT2D eigenvalue weighted by Crippen LogP contribution is 2.28. The average Bonchev–Trinajstić information content (AvgIpc) is 2.56. The molecule has 4 nitrogen and oxygen atoms in total. The van der Waals surface area contributed by atoms with Gasteiger partial charge in [-0.05, 0) is 30.3 Å². The minimum absolute atomic E-state index is 0.345. The van der Waals surface area contributed by atoms with Gasteiger partial charge < -0.3 is 14.7 Å². The van der Waals surface area contributed by atoms with Crippen LogP contribution in [-0.2, 0) is 6.54 Å². The summed E-state index contributed by atoms with van der Waals surface area (Å²) >= 11 is 6.10. The molecule has 1 N–H and O–H groups in total. The van der Waals surface area contributed by atoms with E-state index in [1.807, 2.05) is 36.4 Å². The second-order valence-corrected chi connectivity index (χ2v) is 6.14. The first-order valence-electron chi connectivity index (χ1n) is 7.75. The Hall–Kier alpha value is -1.91. The third kappa shape index (κ3) is 3.71. The lowest BCUT2D eigenvalue weighted by Gasteiger charge is -2.36. The molecule has 0 spiro atoms. The number of anilines is 1. The molecule has 0 unspecified atom stereocenters. The molecular weight excluding hydrogens is 312 g/mol. The summed E-state index contributed by atoms with van der Waals surface area (Å²) in [6.07, 6.45) is 0. The van der Waals surface area contributed by atoms with Gasteiger partial charge in [-0.3, -0.25) is 4.90 Å². The standard InChI is InChI=1S/C18H21ClN2O2/c1-23-18-7-6-15(19)12-14(18)13-20-8-10-21(11-9-20)16-4-2-3-5-17(16)22/h2-7,12,22H,8-11,13H2,1H3. The van der Waals surface area contributed by atoms with Crippen molar-refractivity contribution in [2.75, 3.05) is 38.2 Å². The van der Waals surface area contributed by atoms with Crippen LogP contribution in [-0.4, -0.2) is 43.3 Å². The molecule has 1 heterocycles. The fraction of sp³-hybridized carbons (Fsp3) is 0.333. The van der Waals surface area contributed by atoms with Crippen molar-refractivity contribution in [1.29, 1.82) is 0 Å². The third-order valence-corrected chi connectivity index (χ3v) is 4.47. The van der Waals surface area contributed by atoms with E-state index in [0.29, 0.717) is 5.75 Å². The number of phenolic OH excluding ortho intramolecular Hbond substituents is 1. The van der Waals surface area contributed by atoms with Gasteiger partial charge in [0, 0.05) is 43.3 Å². The summed E-state index contributed by atoms with van der Waals surface area (Å²) in [6, 6.07) is 13.2. The number of methoxy groups -OCH3 is 1. The number of aromatic hydroxyl groups is 1. The van der Waals surface area contributed by atoms with Gasteiger partial charge in [0.05, 0.1) is 12.8 Å². The van der Waals surface area contributed by atoms with Crippen molar-refractivity contribution in [2.45, 2.75) is 6.54 Å². The smallest absolute Gasteiger partial charge is 0.138 e. The van der Waals surface area contributed by atoms with E-state index in [4.69, 9.17) is 16.3 Å². The number of ether oxygens (including phenoxy) is 1. The summed E-state index contributed by atoms with van der Waals surface area (Å²) in [5.41, 5.74) is 2.02. The molecule has 23 heavy (non-hydrogen) atoms. The molecule has 1 aliphatic heterocycles. The number of para-hydroxylation sites is 2. The van der Waals surface area contributed by atoms with E-state index < -0.39 is 0 Å². The Labute approximate surface area is 141 Å². The van der Waals surface area contributed by atoms with Crippen LogP contribution in [0.2, 0.25) is 5.02 Å². The minimum atomic E-state index is 0.345. The number of hydrogen-bond acceptors (Lipinski definition) is 4. The number of nitrogens with zero attached hydrogens (tertiary/aromatic N) is 2. The topological polar surface area (TPSA) is 35.9 Å². The molecule has 3 rings (SSSR count). The van der Waals surface area contributed by atoms with Gasteiger partial charge in [0.25, 0.3) is 0 Å². The van der Waals surface area contributed by atoms with E-state index in [1.54, 1.807) is 13.2 Å². The number of halogens is 1. The van der Waals surface area contributed by atoms with E-state index in [9.17, 15) is 5.11 Å². The summed E-state index contributed by atoms with van der Waals surface area (Å²) in [7, 11) is 1.68. The van der Waals surface area contributed by atoms with E-state index in [2.05, 4.69) is 9.80 Å². The van der Waals surface area contributed by atoms with Crippen molar-refractivity contribution in [1.82, 2.24) is 4.90 Å². The van der Waals surface area contributed by atoms with E-state index in [1.165, 1.54) is 0 Å². The molecule has 0 atom stereocenters. The second kappa shape index (κ2) is 7.11. The molecule has 1 aliphatic rings. The Morgan fingerprint density at radius 1 is 1.09 bits per heavy atom. The average molecular weight is 333 g/mol. The second-order valence-electron chi connectivity index (χ2n) is 5.71. The summed E-state index contributed by atoms with van der Waals surface area (Å²) in [4.78, 5) is 4.60. The van der Waals surface area contributed by atoms with E-state index in [0.717, 1.165) is 54.7 Å². The molecule has 2 aromatic rings. The van der Waals surface area contributed by atoms with Crippen LogP contribution in [0.15, 0.2) is 42.5 Å². The monoisotopic (exact) mass is 332 g/mol. The SMILES string of the molecule is COc1ccc(Cl)cc1CN1CCN(c2ccccc2O)CC1. The zero-order valence-electron chi connectivity index (χ0n) is 13.2. The van der Waals surface area contributed by atoms with Gasteiger partial charge in [0.1, 0.15) is 11.5 Å². The van der Waals surface area contributed by atoms with Gasteiger partial charge in [-0.2, -0.15) is 0 Å². The van der Waals surface area contributed by atoms with Gasteiger partial charge in [0.2, 0.25) is 0 Å². The number of phenols is 1. The van der Waals surface area contributed by atoms with Gasteiger partial charge in [-0.15, -0.1) is 0 Å². The number of benzene rings is 2. The van der Waals surface area contributed by atoms with E-state index >= 15 is 0 Å². The summed E-state index contributed by atoms with van der Waals surface area (Å²) in [6.45, 7) is 4.47. The molecule has 0 amide bonds. The molecule has 0 saturated carbocycles. The summed E-state index contributed by atoms with van der Waals surface area (Å²) in [5, 5.41) is 10.7. The first kappa shape index (κ1) is 16.0. The maximum absolute atomic E-state index is 9.98. The van der Waals surface area contributed by atoms with Crippen LogP contribution in [0.25, 0.3) is 0 Å². The molecule has 5 heteroatoms. The largest absolute Gasteiger partial charge is 0.506 e. The molecule has 2 aromatic carbocycles. The van der Waals surface area contributed by atoms with E-state index in [-0.39, 0.29) is 0 Å². The van der Waals surface area contributed by atoms with Crippen LogP contribution in [0.5, 0.6) is 11.5 Å². The lowest BCUT2D eigenvalue weighted by Crippen LogP contribution is -2.46. The number of hydrogen-bond donors (Lipinski definition) is 1. The predicted octanol–water partition coefficient (Wildman–Crippen LogP) is 3.38. The van der Waals surface area contributed by atoms with Gasteiger partial charge in [-0.1, -0.05) is 23.7 Å². The third-order valence-electron chi connectivity index (χ3n) is 4.23. The highest BCUT2D eigenvalue weighted by molar-refractivity contribution is 6.30. The molecule has 0 aromatic heterocycles. The van der Waals surface area contributed by atoms with Gasteiger partial charge in [-0.25, -0.2) is 0 Å². The lowest BCUT2D eigenvalue weighted by molar-refractivity contribution is 0.245. The van der Waals surface area contributed by atoms with Crippen LogP contribution in [0, 0.1) is 0 Å². The Morgan fingerprint density at radius 2 is 1.83 bits per heavy atom. The minimum Gasteiger partial charge on any atom is -0.506 e. The number of rotatable bonds is 4. The molecule has 0 bridgehead atoms. The van der Waals surface area contributed by atoms with Crippen molar-refractivity contribution in [3.8, 4) is 11.5 Å². The Kier molecular flexibility index (Phi) is 4.94. The highest BCUT2D eigenvalue weighted by Gasteiger charge is 2.20. The van der Waals surface area contributed by atoms with Crippen LogP contribution in [0.3, 0.4) is 0 Å². The highest BCUT2D eigenvalue weighted by atomic mass is 35.5. The maximum Gasteiger partial charge on any atom is 0.138 e. The quantitative estimate of drug-likeness (QED) is 0.931. The first-order chi connectivity index (χ1) is 11.2. The predicted molar refractivity (Wildman–Crippen MR) is 93.6 cm³/mol. The lowest BCUT2D eigenvalue weighted by atomic mass is 10.1. The Morgan fingerprint density at radius 3 is 2.52 bits per heavy atom. The molecule has 1 fully saturated rings. The fourth-order valence-electron chi connectivity index (χ4n) is 2.99. The molecular formula is C18H21ClN2O2. The molecule has 0 aliphatic carbocycles. The van der Waals surface area contributed by atoms with Crippen molar-refractivity contribution in [2.24, 2.45) is 0 Å².